The molecule has 6 heteroatoms. The van der Waals surface area contributed by atoms with Crippen molar-refractivity contribution in [2.75, 3.05) is 11.2 Å². The molecule has 1 aliphatic rings. The van der Waals surface area contributed by atoms with Gasteiger partial charge in [0.05, 0.1) is 11.4 Å². The first-order valence-corrected chi connectivity index (χ1v) is 7.09. The van der Waals surface area contributed by atoms with E-state index in [2.05, 4.69) is 35.5 Å². The second kappa shape index (κ2) is 4.70. The van der Waals surface area contributed by atoms with Crippen LogP contribution in [0.15, 0.2) is 28.3 Å². The molecule has 1 aromatic heterocycles. The fourth-order valence-electron chi connectivity index (χ4n) is 1.92. The Morgan fingerprint density at radius 3 is 2.95 bits per heavy atom. The number of thioether (sulfide) groups is 1. The molecule has 0 bridgehead atoms. The van der Waals surface area contributed by atoms with E-state index < -0.39 is 0 Å². The fraction of sp³-hybridized carbons (Fsp3) is 0.308. The van der Waals surface area contributed by atoms with Crippen molar-refractivity contribution < 1.29 is 0 Å². The van der Waals surface area contributed by atoms with Crippen LogP contribution in [0.4, 0.5) is 5.69 Å². The van der Waals surface area contributed by atoms with Gasteiger partial charge in [-0.05, 0) is 38.0 Å². The summed E-state index contributed by atoms with van der Waals surface area (Å²) in [6, 6.07) is 6.17. The lowest BCUT2D eigenvalue weighted by Gasteiger charge is -2.18. The molecular formula is C13H15N5S. The third-order valence-electron chi connectivity index (χ3n) is 3.21. The minimum absolute atomic E-state index is 0.783. The van der Waals surface area contributed by atoms with E-state index in [1.807, 2.05) is 23.7 Å². The van der Waals surface area contributed by atoms with Crippen molar-refractivity contribution in [3.63, 3.8) is 0 Å². The maximum Gasteiger partial charge on any atom is 0.210 e. The summed E-state index contributed by atoms with van der Waals surface area (Å²) in [5.41, 5.74) is 6.74. The number of nitrogens with zero attached hydrogens (tertiary/aromatic N) is 4. The summed E-state index contributed by atoms with van der Waals surface area (Å²) < 4.78 is 1.87. The van der Waals surface area contributed by atoms with E-state index in [9.17, 15) is 0 Å². The number of fused-ring (bicyclic) bond motifs is 1. The molecule has 0 radical (unpaired) electrons. The second-order valence-electron chi connectivity index (χ2n) is 4.54. The van der Waals surface area contributed by atoms with Crippen LogP contribution < -0.4 is 5.43 Å². The smallest absolute Gasteiger partial charge is 0.210 e. The van der Waals surface area contributed by atoms with Crippen LogP contribution in [0.2, 0.25) is 0 Å². The Bertz CT molecular complexity index is 659. The molecule has 0 unspecified atom stereocenters. The van der Waals surface area contributed by atoms with Gasteiger partial charge in [-0.15, -0.1) is 10.2 Å². The standard InChI is InChI=1S/C13H15N5S/c1-8-5-4-6-11(9(8)2)14-12-7-19-13-16-15-10(3)18(13)17-12/h4-6H,7H2,1-3H3,(H,14,17). The van der Waals surface area contributed by atoms with Gasteiger partial charge in [-0.25, -0.2) is 9.67 Å². The Morgan fingerprint density at radius 2 is 2.11 bits per heavy atom. The molecule has 0 amide bonds. The SMILES string of the molecule is Cc1cccc(N=C2CSc3nnc(C)n3N2)c1C. The number of rotatable bonds is 1. The van der Waals surface area contributed by atoms with Gasteiger partial charge in [-0.1, -0.05) is 23.9 Å². The molecule has 1 aromatic carbocycles. The van der Waals surface area contributed by atoms with Crippen molar-refractivity contribution >= 4 is 23.3 Å². The average Bonchev–Trinajstić information content (AvgIpc) is 2.77. The van der Waals surface area contributed by atoms with E-state index in [-0.39, 0.29) is 0 Å². The zero-order valence-electron chi connectivity index (χ0n) is 11.1. The van der Waals surface area contributed by atoms with E-state index in [0.717, 1.165) is 28.3 Å². The molecule has 0 aliphatic carbocycles. The lowest BCUT2D eigenvalue weighted by Crippen LogP contribution is -2.30. The molecule has 98 valence electrons. The maximum absolute atomic E-state index is 4.71. The number of amidine groups is 1. The molecule has 2 heterocycles. The third kappa shape index (κ3) is 2.23. The molecule has 0 saturated heterocycles. The van der Waals surface area contributed by atoms with Crippen LogP contribution in [-0.4, -0.2) is 26.5 Å². The van der Waals surface area contributed by atoms with Gasteiger partial charge in [0.25, 0.3) is 0 Å². The number of hydrogen-bond acceptors (Lipinski definition) is 4. The zero-order chi connectivity index (χ0) is 13.4. The molecule has 0 saturated carbocycles. The predicted octanol–water partition coefficient (Wildman–Crippen LogP) is 2.58. The van der Waals surface area contributed by atoms with Crippen LogP contribution in [0, 0.1) is 20.8 Å². The number of nitrogens with one attached hydrogen (secondary N) is 1. The van der Waals surface area contributed by atoms with Gasteiger partial charge in [0.15, 0.2) is 0 Å². The van der Waals surface area contributed by atoms with Gasteiger partial charge in [0.2, 0.25) is 5.16 Å². The van der Waals surface area contributed by atoms with Crippen LogP contribution >= 0.6 is 11.8 Å². The summed E-state index contributed by atoms with van der Waals surface area (Å²) in [6.07, 6.45) is 0. The lowest BCUT2D eigenvalue weighted by atomic mass is 10.1. The molecular weight excluding hydrogens is 258 g/mol. The molecule has 1 N–H and O–H groups in total. The van der Waals surface area contributed by atoms with Crippen molar-refractivity contribution in [1.29, 1.82) is 0 Å². The predicted molar refractivity (Wildman–Crippen MR) is 77.9 cm³/mol. The van der Waals surface area contributed by atoms with Crippen molar-refractivity contribution in [3.8, 4) is 0 Å². The molecule has 5 nitrogen and oxygen atoms in total. The van der Waals surface area contributed by atoms with Crippen LogP contribution in [0.25, 0.3) is 0 Å². The van der Waals surface area contributed by atoms with Gasteiger partial charge in [-0.2, -0.15) is 0 Å². The van der Waals surface area contributed by atoms with Crippen molar-refractivity contribution in [2.24, 2.45) is 4.99 Å². The maximum atomic E-state index is 4.71. The van der Waals surface area contributed by atoms with Crippen molar-refractivity contribution in [3.05, 3.63) is 35.2 Å². The fourth-order valence-corrected chi connectivity index (χ4v) is 2.72. The van der Waals surface area contributed by atoms with Crippen LogP contribution in [-0.2, 0) is 0 Å². The minimum atomic E-state index is 0.783. The first kappa shape index (κ1) is 12.2. The van der Waals surface area contributed by atoms with Gasteiger partial charge in [0.1, 0.15) is 11.7 Å². The molecule has 0 fully saturated rings. The summed E-state index contributed by atoms with van der Waals surface area (Å²) in [5, 5.41) is 9.02. The highest BCUT2D eigenvalue weighted by molar-refractivity contribution is 7.99. The quantitative estimate of drug-likeness (QED) is 0.867. The van der Waals surface area contributed by atoms with Crippen LogP contribution in [0.3, 0.4) is 0 Å². The molecule has 3 rings (SSSR count). The summed E-state index contributed by atoms with van der Waals surface area (Å²) in [5.74, 6) is 2.55. The third-order valence-corrected chi connectivity index (χ3v) is 4.15. The average molecular weight is 273 g/mol. The topological polar surface area (TPSA) is 55.1 Å². The Labute approximate surface area is 116 Å². The molecule has 0 spiro atoms. The normalized spacial score (nSPS) is 16.3. The first-order valence-electron chi connectivity index (χ1n) is 6.11. The Morgan fingerprint density at radius 1 is 1.26 bits per heavy atom. The van der Waals surface area contributed by atoms with E-state index >= 15 is 0 Å². The van der Waals surface area contributed by atoms with Crippen LogP contribution in [0.1, 0.15) is 17.0 Å². The second-order valence-corrected chi connectivity index (χ2v) is 5.49. The number of aliphatic imine (C=N–C) groups is 1. The van der Waals surface area contributed by atoms with Gasteiger partial charge in [-0.3, -0.25) is 5.43 Å². The number of benzene rings is 1. The highest BCUT2D eigenvalue weighted by atomic mass is 32.2. The van der Waals surface area contributed by atoms with Gasteiger partial charge < -0.3 is 0 Å². The summed E-state index contributed by atoms with van der Waals surface area (Å²) in [6.45, 7) is 6.12. The van der Waals surface area contributed by atoms with Gasteiger partial charge >= 0.3 is 0 Å². The molecule has 0 atom stereocenters. The van der Waals surface area contributed by atoms with Crippen LogP contribution in [0.5, 0.6) is 0 Å². The monoisotopic (exact) mass is 273 g/mol. The zero-order valence-corrected chi connectivity index (χ0v) is 12.0. The number of aryl methyl sites for hydroxylation is 2. The largest absolute Gasteiger partial charge is 0.277 e. The number of hydrogen-bond donors (Lipinski definition) is 1. The Kier molecular flexibility index (Phi) is 3.02. The lowest BCUT2D eigenvalue weighted by molar-refractivity contribution is 0.801. The summed E-state index contributed by atoms with van der Waals surface area (Å²) in [7, 11) is 0. The van der Waals surface area contributed by atoms with E-state index in [4.69, 9.17) is 4.99 Å². The summed E-state index contributed by atoms with van der Waals surface area (Å²) >= 11 is 1.64. The number of aromatic nitrogens is 3. The molecule has 2 aromatic rings. The molecule has 19 heavy (non-hydrogen) atoms. The van der Waals surface area contributed by atoms with E-state index in [1.165, 1.54) is 11.1 Å². The van der Waals surface area contributed by atoms with Crippen molar-refractivity contribution in [2.45, 2.75) is 25.9 Å². The van der Waals surface area contributed by atoms with E-state index in [0.29, 0.717) is 0 Å². The highest BCUT2D eigenvalue weighted by Crippen LogP contribution is 2.24. The first-order chi connectivity index (χ1) is 9.15. The van der Waals surface area contributed by atoms with Crippen molar-refractivity contribution in [1.82, 2.24) is 14.9 Å². The van der Waals surface area contributed by atoms with E-state index in [1.54, 1.807) is 11.8 Å². The Balaban J connectivity index is 1.94. The highest BCUT2D eigenvalue weighted by Gasteiger charge is 2.18. The summed E-state index contributed by atoms with van der Waals surface area (Å²) in [4.78, 5) is 4.71. The Hall–Kier alpha value is -1.82. The molecule has 1 aliphatic heterocycles. The van der Waals surface area contributed by atoms with Gasteiger partial charge in [0, 0.05) is 0 Å². The minimum Gasteiger partial charge on any atom is -0.277 e.